The van der Waals surface area contributed by atoms with Crippen molar-refractivity contribution in [3.63, 3.8) is 0 Å². The van der Waals surface area contributed by atoms with Crippen LogP contribution in [-0.4, -0.2) is 30.2 Å². The van der Waals surface area contributed by atoms with Gasteiger partial charge in [-0.15, -0.1) is 0 Å². The molecule has 0 bridgehead atoms. The Morgan fingerprint density at radius 2 is 1.86 bits per heavy atom. The Kier molecular flexibility index (Phi) is 5.15. The molecule has 0 aliphatic heterocycles. The molecule has 0 aliphatic rings. The van der Waals surface area contributed by atoms with Crippen molar-refractivity contribution in [2.75, 3.05) is 0 Å². The summed E-state index contributed by atoms with van der Waals surface area (Å²) in [6, 6.07) is 13.3. The van der Waals surface area contributed by atoms with Crippen LogP contribution in [0.25, 0.3) is 10.9 Å². The molecule has 0 saturated carbocycles. The van der Waals surface area contributed by atoms with Crippen molar-refractivity contribution in [2.45, 2.75) is 26.6 Å². The van der Waals surface area contributed by atoms with E-state index < -0.39 is 0 Å². The van der Waals surface area contributed by atoms with E-state index >= 15 is 0 Å². The van der Waals surface area contributed by atoms with Crippen LogP contribution in [0.1, 0.15) is 16.7 Å². The molecule has 1 N–H and O–H groups in total. The zero-order valence-electron chi connectivity index (χ0n) is 15.9. The lowest BCUT2D eigenvalue weighted by Gasteiger charge is -2.09. The molecule has 0 unspecified atom stereocenters. The van der Waals surface area contributed by atoms with Crippen molar-refractivity contribution >= 4 is 16.8 Å². The van der Waals surface area contributed by atoms with Crippen molar-refractivity contribution in [2.24, 2.45) is 0 Å². The molecule has 0 aliphatic carbocycles. The third-order valence-corrected chi connectivity index (χ3v) is 4.69. The van der Waals surface area contributed by atoms with Crippen molar-refractivity contribution in [3.8, 4) is 0 Å². The van der Waals surface area contributed by atoms with Gasteiger partial charge in [0.05, 0.1) is 23.8 Å². The van der Waals surface area contributed by atoms with Crippen molar-refractivity contribution in [1.29, 1.82) is 0 Å². The second-order valence-electron chi connectivity index (χ2n) is 6.83. The largest absolute Gasteiger partial charge is 0.350 e. The normalized spacial score (nSPS) is 10.9. The molecule has 4 rings (SSSR count). The number of hydrogen-bond acceptors (Lipinski definition) is 5. The Morgan fingerprint density at radius 3 is 2.62 bits per heavy atom. The van der Waals surface area contributed by atoms with Gasteiger partial charge in [0.25, 0.3) is 5.56 Å². The number of carbonyl (C=O) groups excluding carboxylic acids is 1. The van der Waals surface area contributed by atoms with Crippen LogP contribution in [0.2, 0.25) is 0 Å². The van der Waals surface area contributed by atoms with Crippen molar-refractivity contribution in [1.82, 2.24) is 29.6 Å². The topological polar surface area (TPSA) is 94.7 Å². The third-order valence-electron chi connectivity index (χ3n) is 4.69. The fraction of sp³-hybridized carbons (Fsp3) is 0.190. The Morgan fingerprint density at radius 1 is 1.07 bits per heavy atom. The SMILES string of the molecule is Cc1cccc2c(=O)n(CC(=O)NCc3ccc(Cn4cncn4)cc3)cnc12. The van der Waals surface area contributed by atoms with Gasteiger partial charge in [-0.25, -0.2) is 14.6 Å². The lowest BCUT2D eigenvalue weighted by atomic mass is 10.1. The minimum atomic E-state index is -0.243. The quantitative estimate of drug-likeness (QED) is 0.542. The van der Waals surface area contributed by atoms with Gasteiger partial charge in [-0.2, -0.15) is 5.10 Å². The van der Waals surface area contributed by atoms with Crippen LogP contribution in [0.3, 0.4) is 0 Å². The first kappa shape index (κ1) is 18.5. The summed E-state index contributed by atoms with van der Waals surface area (Å²) in [6.07, 6.45) is 4.59. The predicted molar refractivity (Wildman–Crippen MR) is 108 cm³/mol. The number of hydrogen-bond donors (Lipinski definition) is 1. The fourth-order valence-corrected chi connectivity index (χ4v) is 3.13. The number of fused-ring (bicyclic) bond motifs is 1. The highest BCUT2D eigenvalue weighted by Crippen LogP contribution is 2.11. The predicted octanol–water partition coefficient (Wildman–Crippen LogP) is 1.66. The minimum Gasteiger partial charge on any atom is -0.350 e. The standard InChI is InChI=1S/C21H20N6O2/c1-15-3-2-4-18-20(15)24-14-26(21(18)29)11-19(28)23-9-16-5-7-17(8-6-16)10-27-13-22-12-25-27/h2-8,12-14H,9-11H2,1H3,(H,23,28). The van der Waals surface area contributed by atoms with E-state index in [9.17, 15) is 9.59 Å². The Balaban J connectivity index is 1.37. The number of carbonyl (C=O) groups is 1. The van der Waals surface area contributed by atoms with Gasteiger partial charge in [0.2, 0.25) is 5.91 Å². The highest BCUT2D eigenvalue weighted by molar-refractivity contribution is 5.81. The van der Waals surface area contributed by atoms with E-state index in [-0.39, 0.29) is 18.0 Å². The van der Waals surface area contributed by atoms with Crippen LogP contribution in [0, 0.1) is 6.92 Å². The molecule has 0 spiro atoms. The summed E-state index contributed by atoms with van der Waals surface area (Å²) in [6.45, 7) is 2.87. The Labute approximate surface area is 166 Å². The molecule has 0 atom stereocenters. The van der Waals surface area contributed by atoms with E-state index in [0.717, 1.165) is 16.7 Å². The van der Waals surface area contributed by atoms with Gasteiger partial charge < -0.3 is 5.32 Å². The fourth-order valence-electron chi connectivity index (χ4n) is 3.13. The first-order chi connectivity index (χ1) is 14.1. The number of para-hydroxylation sites is 1. The first-order valence-electron chi connectivity index (χ1n) is 9.22. The van der Waals surface area contributed by atoms with Crippen molar-refractivity contribution < 1.29 is 4.79 Å². The van der Waals surface area contributed by atoms with Gasteiger partial charge in [0.15, 0.2) is 0 Å². The Bertz CT molecular complexity index is 1200. The number of aromatic nitrogens is 5. The molecular weight excluding hydrogens is 368 g/mol. The lowest BCUT2D eigenvalue weighted by Crippen LogP contribution is -2.32. The number of rotatable bonds is 6. The number of benzene rings is 2. The number of aryl methyl sites for hydroxylation is 1. The molecule has 8 heteroatoms. The molecule has 29 heavy (non-hydrogen) atoms. The molecule has 0 saturated heterocycles. The summed E-state index contributed by atoms with van der Waals surface area (Å²) in [7, 11) is 0. The maximum atomic E-state index is 12.6. The molecule has 4 aromatic rings. The highest BCUT2D eigenvalue weighted by atomic mass is 16.2. The summed E-state index contributed by atoms with van der Waals surface area (Å²) in [5.74, 6) is -0.243. The van der Waals surface area contributed by atoms with Gasteiger partial charge in [0, 0.05) is 6.54 Å². The van der Waals surface area contributed by atoms with E-state index in [4.69, 9.17) is 0 Å². The molecule has 1 amide bonds. The van der Waals surface area contributed by atoms with Crippen LogP contribution in [0.4, 0.5) is 0 Å². The van der Waals surface area contributed by atoms with E-state index in [0.29, 0.717) is 24.0 Å². The van der Waals surface area contributed by atoms with Crippen LogP contribution in [0.5, 0.6) is 0 Å². The maximum absolute atomic E-state index is 12.6. The summed E-state index contributed by atoms with van der Waals surface area (Å²) in [4.78, 5) is 33.1. The van der Waals surface area contributed by atoms with E-state index in [2.05, 4.69) is 20.4 Å². The zero-order valence-corrected chi connectivity index (χ0v) is 15.9. The molecule has 2 aromatic carbocycles. The molecule has 146 valence electrons. The van der Waals surface area contributed by atoms with Crippen molar-refractivity contribution in [3.05, 3.63) is 88.5 Å². The number of nitrogens with zero attached hydrogens (tertiary/aromatic N) is 5. The monoisotopic (exact) mass is 388 g/mol. The van der Waals surface area contributed by atoms with Crippen LogP contribution in [-0.2, 0) is 24.4 Å². The average molecular weight is 388 g/mol. The molecule has 2 heterocycles. The van der Waals surface area contributed by atoms with Gasteiger partial charge in [-0.3, -0.25) is 14.2 Å². The molecule has 0 radical (unpaired) electrons. The Hall–Kier alpha value is -3.81. The van der Waals surface area contributed by atoms with E-state index in [1.807, 2.05) is 43.3 Å². The molecule has 2 aromatic heterocycles. The maximum Gasteiger partial charge on any atom is 0.261 e. The summed E-state index contributed by atoms with van der Waals surface area (Å²) < 4.78 is 3.08. The molecular formula is C21H20N6O2. The van der Waals surface area contributed by atoms with Crippen LogP contribution >= 0.6 is 0 Å². The summed E-state index contributed by atoms with van der Waals surface area (Å²) >= 11 is 0. The summed E-state index contributed by atoms with van der Waals surface area (Å²) in [5.41, 5.74) is 3.45. The van der Waals surface area contributed by atoms with E-state index in [1.54, 1.807) is 17.1 Å². The van der Waals surface area contributed by atoms with E-state index in [1.165, 1.54) is 17.2 Å². The van der Waals surface area contributed by atoms with Crippen LogP contribution < -0.4 is 10.9 Å². The zero-order chi connectivity index (χ0) is 20.2. The summed E-state index contributed by atoms with van der Waals surface area (Å²) in [5, 5.41) is 7.44. The van der Waals surface area contributed by atoms with Gasteiger partial charge >= 0.3 is 0 Å². The second kappa shape index (κ2) is 8.05. The number of amides is 1. The average Bonchev–Trinajstić information content (AvgIpc) is 3.23. The lowest BCUT2D eigenvalue weighted by molar-refractivity contribution is -0.121. The smallest absolute Gasteiger partial charge is 0.261 e. The molecule has 8 nitrogen and oxygen atoms in total. The van der Waals surface area contributed by atoms with Gasteiger partial charge in [-0.05, 0) is 29.7 Å². The highest BCUT2D eigenvalue weighted by Gasteiger charge is 2.09. The van der Waals surface area contributed by atoms with Crippen LogP contribution in [0.15, 0.2) is 66.2 Å². The second-order valence-corrected chi connectivity index (χ2v) is 6.83. The van der Waals surface area contributed by atoms with Gasteiger partial charge in [0.1, 0.15) is 19.2 Å². The first-order valence-corrected chi connectivity index (χ1v) is 9.22. The van der Waals surface area contributed by atoms with Gasteiger partial charge in [-0.1, -0.05) is 36.4 Å². The minimum absolute atomic E-state index is 0.0693. The third kappa shape index (κ3) is 4.21. The number of nitrogens with one attached hydrogen (secondary N) is 1. The molecule has 0 fully saturated rings.